The molecule has 0 heterocycles. The van der Waals surface area contributed by atoms with Crippen LogP contribution in [-0.4, -0.2) is 52.1 Å². The van der Waals surface area contributed by atoms with Gasteiger partial charge in [0.15, 0.2) is 0 Å². The molecule has 0 aliphatic rings. The average molecular weight is 319 g/mol. The second kappa shape index (κ2) is 17.4. The molecule has 13 valence electrons. The van der Waals surface area contributed by atoms with Crippen molar-refractivity contribution in [3.63, 3.8) is 0 Å². The smallest absolute Gasteiger partial charge is 0 e. The summed E-state index contributed by atoms with van der Waals surface area (Å²) >= 11 is 0. The Kier molecular flexibility index (Phi) is 132. The van der Waals surface area contributed by atoms with E-state index in [9.17, 15) is 0 Å². The molecule has 0 aromatic heterocycles. The average Bonchev–Trinajstić information content (AvgIpc) is 0. The predicted molar refractivity (Wildman–Crippen MR) is 17.3 cm³/mol. The van der Waals surface area contributed by atoms with Crippen LogP contribution in [0.4, 0.5) is 0 Å². The van der Waals surface area contributed by atoms with Crippen molar-refractivity contribution >= 4 is 52.1 Å². The molecular weight excluding hydrogens is 319 g/mol. The van der Waals surface area contributed by atoms with Gasteiger partial charge in [-0.2, -0.15) is 0 Å². The minimum Gasteiger partial charge on any atom is 0 e. The molecule has 0 aromatic carbocycles. The molecule has 0 nitrogen and oxygen atoms in total. The van der Waals surface area contributed by atoms with Crippen LogP contribution in [0.5, 0.6) is 0 Å². The number of rotatable bonds is 0. The Morgan fingerprint density at radius 3 is 0.500 bits per heavy atom. The molecule has 0 aliphatic heterocycles. The standard InChI is InChI=1S/3Al.U. The summed E-state index contributed by atoms with van der Waals surface area (Å²) < 4.78 is 0. The van der Waals surface area contributed by atoms with E-state index in [4.69, 9.17) is 0 Å². The van der Waals surface area contributed by atoms with Gasteiger partial charge in [0.1, 0.15) is 0 Å². The fraction of sp³-hybridized carbons (Fsp3) is 0. The van der Waals surface area contributed by atoms with Crippen molar-refractivity contribution in [2.24, 2.45) is 0 Å². The Bertz CT molecular complexity index is 3.25. The SMILES string of the molecule is [Al].[Al].[Al].[U]. The summed E-state index contributed by atoms with van der Waals surface area (Å²) in [6.07, 6.45) is 0. The van der Waals surface area contributed by atoms with Crippen LogP contribution in [0.25, 0.3) is 0 Å². The zero-order valence-electron chi connectivity index (χ0n) is 2.23. The molecule has 4 heavy (non-hydrogen) atoms. The first-order valence-corrected chi connectivity index (χ1v) is 0. The molecule has 0 aliphatic carbocycles. The van der Waals surface area contributed by atoms with Crippen molar-refractivity contribution < 1.29 is 31.1 Å². The van der Waals surface area contributed by atoms with Gasteiger partial charge < -0.3 is 0 Å². The molecule has 0 rings (SSSR count). The van der Waals surface area contributed by atoms with Gasteiger partial charge in [-0.1, -0.05) is 0 Å². The molecule has 0 amide bonds. The van der Waals surface area contributed by atoms with Crippen LogP contribution in [-0.2, 0) is 0 Å². The van der Waals surface area contributed by atoms with E-state index in [0.717, 1.165) is 0 Å². The van der Waals surface area contributed by atoms with Crippen molar-refractivity contribution in [1.29, 1.82) is 0 Å². The third kappa shape index (κ3) is 8.82. The zero-order valence-corrected chi connectivity index (χ0v) is 9.86. The van der Waals surface area contributed by atoms with E-state index in [0.29, 0.717) is 0 Å². The van der Waals surface area contributed by atoms with Crippen LogP contribution in [0.3, 0.4) is 0 Å². The monoisotopic (exact) mass is 319 g/mol. The maximum absolute atomic E-state index is 0. The Hall–Kier alpha value is 2.65. The summed E-state index contributed by atoms with van der Waals surface area (Å²) in [5, 5.41) is 0. The molecule has 0 unspecified atom stereocenters. The van der Waals surface area contributed by atoms with Gasteiger partial charge in [0.25, 0.3) is 0 Å². The molecule has 0 saturated heterocycles. The van der Waals surface area contributed by atoms with Crippen LogP contribution in [0, 0.1) is 31.1 Å². The molecule has 0 aromatic rings. The van der Waals surface area contributed by atoms with Gasteiger partial charge in [0.2, 0.25) is 0 Å². The fourth-order valence-corrected chi connectivity index (χ4v) is 0. The molecule has 0 fully saturated rings. The molecule has 4 heteroatoms. The summed E-state index contributed by atoms with van der Waals surface area (Å²) in [6.45, 7) is 0. The van der Waals surface area contributed by atoms with Crippen LogP contribution in [0.2, 0.25) is 0 Å². The molecule has 9 radical (unpaired) electrons. The van der Waals surface area contributed by atoms with E-state index >= 15 is 0 Å². The summed E-state index contributed by atoms with van der Waals surface area (Å²) in [5.74, 6) is 0. The van der Waals surface area contributed by atoms with Gasteiger partial charge in [-0.15, -0.1) is 0 Å². The maximum atomic E-state index is 0. The van der Waals surface area contributed by atoms with Crippen LogP contribution in [0.1, 0.15) is 0 Å². The van der Waals surface area contributed by atoms with Crippen molar-refractivity contribution in [1.82, 2.24) is 0 Å². The molecule has 0 atom stereocenters. The topological polar surface area (TPSA) is 0 Å². The van der Waals surface area contributed by atoms with Gasteiger partial charge >= 0.3 is 0 Å². The molecule has 0 saturated carbocycles. The first-order valence-electron chi connectivity index (χ1n) is 0. The largest absolute Gasteiger partial charge is 0 e. The van der Waals surface area contributed by atoms with Crippen molar-refractivity contribution in [2.75, 3.05) is 0 Å². The first-order chi connectivity index (χ1) is 0. The number of hydrogen-bond acceptors (Lipinski definition) is 0. The van der Waals surface area contributed by atoms with Crippen molar-refractivity contribution in [3.8, 4) is 0 Å². The third-order valence-electron chi connectivity index (χ3n) is 0. The zero-order chi connectivity index (χ0) is 0. The summed E-state index contributed by atoms with van der Waals surface area (Å²) in [6, 6.07) is 0. The van der Waals surface area contributed by atoms with Crippen LogP contribution in [0.15, 0.2) is 0 Å². The van der Waals surface area contributed by atoms with Gasteiger partial charge in [-0.05, 0) is 0 Å². The fourth-order valence-electron chi connectivity index (χ4n) is 0. The summed E-state index contributed by atoms with van der Waals surface area (Å²) in [5.41, 5.74) is 0. The molecule has 0 spiro atoms. The summed E-state index contributed by atoms with van der Waals surface area (Å²) in [4.78, 5) is 0. The third-order valence-corrected chi connectivity index (χ3v) is 0. The molecule has 0 bridgehead atoms. The van der Waals surface area contributed by atoms with Gasteiger partial charge in [0, 0.05) is 83.2 Å². The van der Waals surface area contributed by atoms with Gasteiger partial charge in [-0.3, -0.25) is 0 Å². The van der Waals surface area contributed by atoms with Gasteiger partial charge in [0.05, 0.1) is 0 Å². The van der Waals surface area contributed by atoms with Crippen molar-refractivity contribution in [3.05, 3.63) is 0 Å². The predicted octanol–water partition coefficient (Wildman–Crippen LogP) is -1.14. The number of hydrogen-bond donors (Lipinski definition) is 0. The molecule has 0 N–H and O–H groups in total. The van der Waals surface area contributed by atoms with E-state index in [2.05, 4.69) is 0 Å². The van der Waals surface area contributed by atoms with E-state index in [-0.39, 0.29) is 83.2 Å². The Labute approximate surface area is 81.9 Å². The molecular formula is Al3U. The minimum absolute atomic E-state index is 0. The second-order valence-electron chi connectivity index (χ2n) is 0. The van der Waals surface area contributed by atoms with Crippen LogP contribution >= 0.6 is 0 Å². The Morgan fingerprint density at radius 1 is 0.500 bits per heavy atom. The summed E-state index contributed by atoms with van der Waals surface area (Å²) in [7, 11) is 0. The van der Waals surface area contributed by atoms with E-state index < -0.39 is 0 Å². The van der Waals surface area contributed by atoms with E-state index in [1.807, 2.05) is 0 Å². The Balaban J connectivity index is 0. The first kappa shape index (κ1) is 30.2. The van der Waals surface area contributed by atoms with E-state index in [1.54, 1.807) is 0 Å². The van der Waals surface area contributed by atoms with E-state index in [1.165, 1.54) is 0 Å². The second-order valence-corrected chi connectivity index (χ2v) is 0. The van der Waals surface area contributed by atoms with Crippen LogP contribution < -0.4 is 0 Å². The van der Waals surface area contributed by atoms with Gasteiger partial charge in [-0.25, -0.2) is 0 Å². The van der Waals surface area contributed by atoms with Crippen molar-refractivity contribution in [2.45, 2.75) is 0 Å². The Morgan fingerprint density at radius 2 is 0.500 bits per heavy atom. The maximum Gasteiger partial charge on any atom is 0 e. The quantitative estimate of drug-likeness (QED) is 0.495. The normalized spacial score (nSPS) is 0. The minimum atomic E-state index is 0.